The largest absolute Gasteiger partial charge is 0.490 e. The quantitative estimate of drug-likeness (QED) is 0.571. The van der Waals surface area contributed by atoms with Crippen molar-refractivity contribution in [3.05, 3.63) is 65.2 Å². The van der Waals surface area contributed by atoms with Gasteiger partial charge in [0.2, 0.25) is 0 Å². The van der Waals surface area contributed by atoms with Crippen LogP contribution in [0.4, 0.5) is 10.5 Å². The van der Waals surface area contributed by atoms with Gasteiger partial charge in [-0.05, 0) is 74.7 Å². The Hall–Kier alpha value is -3.50. The molecule has 3 rings (SSSR count). The molecule has 3 N–H and O–H groups in total. The lowest BCUT2D eigenvalue weighted by Gasteiger charge is -2.33. The number of nitriles is 1. The van der Waals surface area contributed by atoms with E-state index < -0.39 is 11.7 Å². The molecule has 1 fully saturated rings. The number of nitrogens with two attached hydrogens (primary N) is 1. The van der Waals surface area contributed by atoms with Gasteiger partial charge in [0.1, 0.15) is 17.5 Å². The first-order valence-electron chi connectivity index (χ1n) is 11.9. The van der Waals surface area contributed by atoms with E-state index in [1.165, 1.54) is 0 Å². The number of ether oxygens (including phenoxy) is 2. The molecule has 2 aromatic rings. The van der Waals surface area contributed by atoms with Crippen molar-refractivity contribution in [2.45, 2.75) is 64.8 Å². The molecule has 1 aliphatic heterocycles. The number of piperidine rings is 1. The lowest BCUT2D eigenvalue weighted by atomic mass is 10.00. The monoisotopic (exact) mass is 477 g/mol. The molecule has 186 valence electrons. The summed E-state index contributed by atoms with van der Waals surface area (Å²) in [6.45, 7) is 8.65. The molecule has 35 heavy (non-hydrogen) atoms. The lowest BCUT2D eigenvalue weighted by Crippen LogP contribution is -2.44. The Morgan fingerprint density at radius 2 is 1.97 bits per heavy atom. The highest BCUT2D eigenvalue weighted by Gasteiger charge is 2.27. The number of amides is 1. The maximum Gasteiger partial charge on any atom is 0.410 e. The number of anilines is 1. The van der Waals surface area contributed by atoms with Gasteiger partial charge in [0.15, 0.2) is 0 Å². The molecule has 0 aromatic heterocycles. The van der Waals surface area contributed by atoms with Crippen LogP contribution in [-0.2, 0) is 11.2 Å². The van der Waals surface area contributed by atoms with Gasteiger partial charge >= 0.3 is 6.09 Å². The minimum atomic E-state index is -0.740. The molecule has 0 bridgehead atoms. The molecular formula is C28H35N3O4. The standard InChI is InChI=1S/C28H35N3O4/c1-19(21-7-5-6-20(15-21)18-29)14-23(32)16-22-17-25(8-9-26(22)30)34-24-10-12-31(13-11-24)27(33)35-28(2,3)4/h5-9,14-15,17,23-24,32H,10-13,16,30H2,1-4H3/b19-14+. The zero-order valence-corrected chi connectivity index (χ0v) is 21.0. The Bertz CT molecular complexity index is 1110. The third-order valence-corrected chi connectivity index (χ3v) is 5.83. The number of benzene rings is 2. The van der Waals surface area contributed by atoms with E-state index in [1.807, 2.05) is 52.0 Å². The van der Waals surface area contributed by atoms with Crippen LogP contribution < -0.4 is 10.5 Å². The minimum absolute atomic E-state index is 0.00960. The summed E-state index contributed by atoms with van der Waals surface area (Å²) in [5.74, 6) is 0.694. The van der Waals surface area contributed by atoms with E-state index in [-0.39, 0.29) is 12.2 Å². The molecule has 1 aliphatic rings. The highest BCUT2D eigenvalue weighted by atomic mass is 16.6. The van der Waals surface area contributed by atoms with Gasteiger partial charge in [0.25, 0.3) is 0 Å². The average Bonchev–Trinajstić information content (AvgIpc) is 2.80. The zero-order valence-electron chi connectivity index (χ0n) is 21.0. The Morgan fingerprint density at radius 1 is 1.26 bits per heavy atom. The predicted molar refractivity (Wildman–Crippen MR) is 137 cm³/mol. The van der Waals surface area contributed by atoms with Gasteiger partial charge in [-0.15, -0.1) is 0 Å². The van der Waals surface area contributed by atoms with Gasteiger partial charge in [0, 0.05) is 38.0 Å². The van der Waals surface area contributed by atoms with E-state index in [0.29, 0.717) is 49.4 Å². The van der Waals surface area contributed by atoms with Crippen LogP contribution in [0.3, 0.4) is 0 Å². The first-order chi connectivity index (χ1) is 16.5. The molecule has 0 saturated carbocycles. The number of allylic oxidation sites excluding steroid dienone is 1. The molecule has 0 aliphatic carbocycles. The van der Waals surface area contributed by atoms with Crippen LogP contribution in [0.1, 0.15) is 57.2 Å². The first kappa shape index (κ1) is 26.1. The van der Waals surface area contributed by atoms with E-state index in [4.69, 9.17) is 20.5 Å². The molecule has 1 unspecified atom stereocenters. The van der Waals surface area contributed by atoms with Gasteiger partial charge in [-0.2, -0.15) is 5.26 Å². The average molecular weight is 478 g/mol. The lowest BCUT2D eigenvalue weighted by molar-refractivity contribution is 0.0126. The molecule has 1 atom stereocenters. The molecule has 7 nitrogen and oxygen atoms in total. The van der Waals surface area contributed by atoms with Crippen LogP contribution in [0.5, 0.6) is 5.75 Å². The number of hydrogen-bond donors (Lipinski definition) is 2. The molecule has 1 amide bonds. The Kier molecular flexibility index (Phi) is 8.42. The van der Waals surface area contributed by atoms with Crippen molar-refractivity contribution in [2.75, 3.05) is 18.8 Å². The third kappa shape index (κ3) is 7.76. The number of aliphatic hydroxyl groups excluding tert-OH is 1. The summed E-state index contributed by atoms with van der Waals surface area (Å²) in [6, 6.07) is 14.9. The molecule has 0 radical (unpaired) electrons. The predicted octanol–water partition coefficient (Wildman–Crippen LogP) is 4.93. The normalized spacial score (nSPS) is 15.9. The molecule has 1 heterocycles. The van der Waals surface area contributed by atoms with Crippen LogP contribution in [0.15, 0.2) is 48.5 Å². The maximum atomic E-state index is 12.3. The summed E-state index contributed by atoms with van der Waals surface area (Å²) in [4.78, 5) is 14.0. The smallest absolute Gasteiger partial charge is 0.410 e. The van der Waals surface area contributed by atoms with E-state index >= 15 is 0 Å². The van der Waals surface area contributed by atoms with Crippen LogP contribution in [0.25, 0.3) is 5.57 Å². The second kappa shape index (κ2) is 11.3. The van der Waals surface area contributed by atoms with Crippen LogP contribution in [-0.4, -0.2) is 47.0 Å². The molecule has 1 saturated heterocycles. The summed E-state index contributed by atoms with van der Waals surface area (Å²) in [7, 11) is 0. The summed E-state index contributed by atoms with van der Waals surface area (Å²) in [6.07, 6.45) is 2.50. The molecular weight excluding hydrogens is 442 g/mol. The number of carbonyl (C=O) groups excluding carboxylic acids is 1. The number of carbonyl (C=O) groups is 1. The van der Waals surface area contributed by atoms with Crippen molar-refractivity contribution < 1.29 is 19.4 Å². The highest BCUT2D eigenvalue weighted by molar-refractivity contribution is 5.68. The minimum Gasteiger partial charge on any atom is -0.490 e. The van der Waals surface area contributed by atoms with Gasteiger partial charge in [-0.25, -0.2) is 4.79 Å². The summed E-state index contributed by atoms with van der Waals surface area (Å²) in [5.41, 5.74) is 9.41. The number of hydrogen-bond acceptors (Lipinski definition) is 6. The number of aliphatic hydroxyl groups is 1. The third-order valence-electron chi connectivity index (χ3n) is 5.83. The Balaban J connectivity index is 1.59. The van der Waals surface area contributed by atoms with Gasteiger partial charge in [0.05, 0.1) is 17.7 Å². The number of rotatable bonds is 6. The fraction of sp³-hybridized carbons (Fsp3) is 0.429. The van der Waals surface area contributed by atoms with E-state index in [2.05, 4.69) is 6.07 Å². The van der Waals surface area contributed by atoms with E-state index in [1.54, 1.807) is 29.2 Å². The second-order valence-corrected chi connectivity index (χ2v) is 9.96. The number of nitrogen functional groups attached to an aromatic ring is 1. The van der Waals surface area contributed by atoms with E-state index in [0.717, 1.165) is 16.7 Å². The molecule has 0 spiro atoms. The molecule has 2 aromatic carbocycles. The van der Waals surface area contributed by atoms with Crippen molar-refractivity contribution in [1.29, 1.82) is 5.26 Å². The maximum absolute atomic E-state index is 12.3. The molecule has 7 heteroatoms. The van der Waals surface area contributed by atoms with Gasteiger partial charge < -0.3 is 25.2 Å². The van der Waals surface area contributed by atoms with Crippen molar-refractivity contribution in [1.82, 2.24) is 4.90 Å². The first-order valence-corrected chi connectivity index (χ1v) is 11.9. The Morgan fingerprint density at radius 3 is 2.63 bits per heavy atom. The zero-order chi connectivity index (χ0) is 25.6. The highest BCUT2D eigenvalue weighted by Crippen LogP contribution is 2.26. The van der Waals surface area contributed by atoms with Gasteiger partial charge in [-0.3, -0.25) is 0 Å². The van der Waals surface area contributed by atoms with Crippen molar-refractivity contribution in [2.24, 2.45) is 0 Å². The van der Waals surface area contributed by atoms with Crippen molar-refractivity contribution >= 4 is 17.4 Å². The van der Waals surface area contributed by atoms with E-state index in [9.17, 15) is 9.90 Å². The van der Waals surface area contributed by atoms with Crippen LogP contribution in [0.2, 0.25) is 0 Å². The van der Waals surface area contributed by atoms with Gasteiger partial charge in [-0.1, -0.05) is 18.2 Å². The number of nitrogens with zero attached hydrogens (tertiary/aromatic N) is 2. The fourth-order valence-corrected chi connectivity index (χ4v) is 4.01. The summed E-state index contributed by atoms with van der Waals surface area (Å²) < 4.78 is 11.6. The Labute approximate surface area is 207 Å². The summed E-state index contributed by atoms with van der Waals surface area (Å²) in [5, 5.41) is 19.8. The van der Waals surface area contributed by atoms with Crippen molar-refractivity contribution in [3.8, 4) is 11.8 Å². The topological polar surface area (TPSA) is 109 Å². The van der Waals surface area contributed by atoms with Crippen LogP contribution in [0, 0.1) is 11.3 Å². The fourth-order valence-electron chi connectivity index (χ4n) is 4.01. The second-order valence-electron chi connectivity index (χ2n) is 9.96. The van der Waals surface area contributed by atoms with Crippen molar-refractivity contribution in [3.63, 3.8) is 0 Å². The summed E-state index contributed by atoms with van der Waals surface area (Å²) >= 11 is 0. The SMILES string of the molecule is C/C(=C\C(O)Cc1cc(OC2CCN(C(=O)OC(C)(C)C)CC2)ccc1N)c1cccc(C#N)c1. The number of likely N-dealkylation sites (tertiary alicyclic amines) is 1. The van der Waals surface area contributed by atoms with Crippen LogP contribution >= 0.6 is 0 Å².